The van der Waals surface area contributed by atoms with Gasteiger partial charge < -0.3 is 4.98 Å². The maximum absolute atomic E-state index is 13.1. The largest absolute Gasteiger partial charge is 0.335 e. The van der Waals surface area contributed by atoms with Crippen molar-refractivity contribution in [2.75, 3.05) is 31.1 Å². The monoisotopic (exact) mass is 467 g/mol. The molecule has 2 amide bonds. The van der Waals surface area contributed by atoms with E-state index in [-0.39, 0.29) is 60.8 Å². The van der Waals surface area contributed by atoms with E-state index in [0.717, 1.165) is 4.90 Å². The number of hydrogen-bond donors (Lipinski definition) is 1. The zero-order valence-electron chi connectivity index (χ0n) is 16.5. The highest BCUT2D eigenvalue weighted by Crippen LogP contribution is 2.26. The third-order valence-corrected chi connectivity index (χ3v) is 9.03. The second-order valence-electron chi connectivity index (χ2n) is 7.19. The van der Waals surface area contributed by atoms with E-state index in [1.54, 1.807) is 0 Å². The summed E-state index contributed by atoms with van der Waals surface area (Å²) in [6.07, 6.45) is 3.11. The molecule has 0 radical (unpaired) electrons. The van der Waals surface area contributed by atoms with Crippen LogP contribution in [0.15, 0.2) is 46.7 Å². The smallest absolute Gasteiger partial charge is 0.260 e. The lowest BCUT2D eigenvalue weighted by molar-refractivity contribution is -0.121. The molecule has 11 nitrogen and oxygen atoms in total. The summed E-state index contributed by atoms with van der Waals surface area (Å²) in [5.74, 6) is -0.626. The maximum atomic E-state index is 13.1. The summed E-state index contributed by atoms with van der Waals surface area (Å²) >= 11 is 0. The molecule has 0 aliphatic carbocycles. The van der Waals surface area contributed by atoms with E-state index >= 15 is 0 Å². The van der Waals surface area contributed by atoms with Crippen molar-refractivity contribution in [2.45, 2.75) is 29.2 Å². The lowest BCUT2D eigenvalue weighted by Gasteiger charge is -2.21. The molecule has 1 N–H and O–H groups in total. The van der Waals surface area contributed by atoms with Crippen LogP contribution in [-0.4, -0.2) is 73.4 Å². The van der Waals surface area contributed by atoms with Crippen molar-refractivity contribution in [3.63, 3.8) is 0 Å². The third-order valence-electron chi connectivity index (χ3n) is 5.29. The van der Waals surface area contributed by atoms with Gasteiger partial charge in [0.05, 0.1) is 23.1 Å². The molecule has 1 aromatic carbocycles. The van der Waals surface area contributed by atoms with Crippen LogP contribution in [0.4, 0.5) is 5.69 Å². The lowest BCUT2D eigenvalue weighted by Crippen LogP contribution is -2.37. The maximum Gasteiger partial charge on any atom is 0.260 e. The molecule has 1 aromatic heterocycles. The predicted octanol–water partition coefficient (Wildman–Crippen LogP) is 0.148. The normalized spacial score (nSPS) is 19.7. The zero-order valence-corrected chi connectivity index (χ0v) is 18.1. The van der Waals surface area contributed by atoms with Gasteiger partial charge in [0, 0.05) is 39.0 Å². The topological polar surface area (TPSA) is 141 Å². The summed E-state index contributed by atoms with van der Waals surface area (Å²) in [6, 6.07) is 5.57. The number of benzene rings is 1. The molecule has 2 saturated heterocycles. The van der Waals surface area contributed by atoms with Gasteiger partial charge >= 0.3 is 0 Å². The van der Waals surface area contributed by atoms with Crippen molar-refractivity contribution in [3.05, 3.63) is 36.8 Å². The molecule has 0 unspecified atom stereocenters. The van der Waals surface area contributed by atoms with Crippen LogP contribution in [0.3, 0.4) is 0 Å². The fourth-order valence-corrected chi connectivity index (χ4v) is 6.49. The minimum absolute atomic E-state index is 0.000544. The van der Waals surface area contributed by atoms with E-state index in [1.807, 2.05) is 0 Å². The van der Waals surface area contributed by atoms with Crippen LogP contribution in [0.1, 0.15) is 19.3 Å². The Balaban J connectivity index is 1.50. The molecule has 13 heteroatoms. The number of imide groups is 1. The number of imidazole rings is 1. The van der Waals surface area contributed by atoms with Crippen molar-refractivity contribution in [1.82, 2.24) is 18.6 Å². The van der Waals surface area contributed by atoms with Crippen LogP contribution in [0.5, 0.6) is 0 Å². The molecule has 0 atom stereocenters. The second-order valence-corrected chi connectivity index (χ2v) is 11.0. The summed E-state index contributed by atoms with van der Waals surface area (Å²) < 4.78 is 54.0. The summed E-state index contributed by atoms with van der Waals surface area (Å²) in [5.41, 5.74) is 0.333. The second kappa shape index (κ2) is 8.15. The highest BCUT2D eigenvalue weighted by atomic mass is 32.2. The number of carbonyl (C=O) groups excluding carboxylic acids is 2. The standard InChI is InChI=1S/C18H21N5O6S2/c24-17-6-7-18(25)23(17)14-2-4-15(5-3-14)30(26,27)21-8-1-9-22(11-10-21)31(28,29)16-12-19-13-20-16/h2-5,12-13H,1,6-11H2,(H,19,20). The lowest BCUT2D eigenvalue weighted by atomic mass is 10.3. The molecule has 4 rings (SSSR count). The summed E-state index contributed by atoms with van der Waals surface area (Å²) in [6.45, 7) is 0.365. The van der Waals surface area contributed by atoms with Gasteiger partial charge in [0.15, 0.2) is 5.03 Å². The number of carbonyl (C=O) groups is 2. The fourth-order valence-electron chi connectivity index (χ4n) is 3.65. The average Bonchev–Trinajstić information content (AvgIpc) is 3.31. The van der Waals surface area contributed by atoms with Gasteiger partial charge in [-0.2, -0.15) is 8.61 Å². The average molecular weight is 468 g/mol. The van der Waals surface area contributed by atoms with Crippen molar-refractivity contribution in [1.29, 1.82) is 0 Å². The van der Waals surface area contributed by atoms with E-state index in [2.05, 4.69) is 9.97 Å². The Morgan fingerprint density at radius 3 is 1.94 bits per heavy atom. The molecule has 2 fully saturated rings. The van der Waals surface area contributed by atoms with Crippen LogP contribution in [0, 0.1) is 0 Å². The van der Waals surface area contributed by atoms with Crippen molar-refractivity contribution >= 4 is 37.5 Å². The molecule has 2 aliphatic rings. The summed E-state index contributed by atoms with van der Waals surface area (Å²) in [7, 11) is -7.65. The number of amides is 2. The third kappa shape index (κ3) is 4.01. The van der Waals surface area contributed by atoms with Crippen LogP contribution >= 0.6 is 0 Å². The van der Waals surface area contributed by atoms with Gasteiger partial charge in [-0.1, -0.05) is 0 Å². The first-order chi connectivity index (χ1) is 14.7. The minimum atomic E-state index is -3.87. The number of rotatable bonds is 5. The first-order valence-electron chi connectivity index (χ1n) is 9.66. The van der Waals surface area contributed by atoms with Gasteiger partial charge in [0.25, 0.3) is 10.0 Å². The Bertz CT molecular complexity index is 1180. The van der Waals surface area contributed by atoms with Crippen molar-refractivity contribution in [3.8, 4) is 0 Å². The predicted molar refractivity (Wildman–Crippen MR) is 109 cm³/mol. The number of H-pyrrole nitrogens is 1. The molecular formula is C18H21N5O6S2. The number of hydrogen-bond acceptors (Lipinski definition) is 7. The van der Waals surface area contributed by atoms with Crippen LogP contribution in [0.2, 0.25) is 0 Å². The molecule has 0 bridgehead atoms. The quantitative estimate of drug-likeness (QED) is 0.617. The Hall–Kier alpha value is -2.61. The molecule has 0 saturated carbocycles. The number of aromatic nitrogens is 2. The van der Waals surface area contributed by atoms with Crippen LogP contribution in [0.25, 0.3) is 0 Å². The van der Waals surface area contributed by atoms with Gasteiger partial charge in [-0.3, -0.25) is 14.5 Å². The Morgan fingerprint density at radius 1 is 0.806 bits per heavy atom. The molecule has 31 heavy (non-hydrogen) atoms. The fraction of sp³-hybridized carbons (Fsp3) is 0.389. The minimum Gasteiger partial charge on any atom is -0.335 e. The Morgan fingerprint density at radius 2 is 1.39 bits per heavy atom. The Kier molecular flexibility index (Phi) is 5.68. The molecule has 3 heterocycles. The van der Waals surface area contributed by atoms with Crippen molar-refractivity contribution < 1.29 is 26.4 Å². The number of anilines is 1. The van der Waals surface area contributed by atoms with E-state index in [0.29, 0.717) is 12.1 Å². The van der Waals surface area contributed by atoms with Gasteiger partial charge in [0.1, 0.15) is 0 Å². The van der Waals surface area contributed by atoms with E-state index in [4.69, 9.17) is 0 Å². The SMILES string of the molecule is O=C1CCC(=O)N1c1ccc(S(=O)(=O)N2CCCN(S(=O)(=O)c3cnc[nH]3)CC2)cc1. The van der Waals surface area contributed by atoms with Gasteiger partial charge in [-0.05, 0) is 30.7 Å². The number of aromatic amines is 1. The summed E-state index contributed by atoms with van der Waals surface area (Å²) in [5, 5.41) is -0.0367. The molecule has 0 spiro atoms. The van der Waals surface area contributed by atoms with Crippen LogP contribution < -0.4 is 4.90 Å². The number of nitrogens with one attached hydrogen (secondary N) is 1. The van der Waals surface area contributed by atoms with Gasteiger partial charge in [-0.15, -0.1) is 0 Å². The molecule has 2 aliphatic heterocycles. The Labute approximate surface area is 179 Å². The van der Waals surface area contributed by atoms with E-state index < -0.39 is 20.0 Å². The van der Waals surface area contributed by atoms with E-state index in [1.165, 1.54) is 45.4 Å². The van der Waals surface area contributed by atoms with Crippen molar-refractivity contribution in [2.24, 2.45) is 0 Å². The first-order valence-corrected chi connectivity index (χ1v) is 12.5. The number of sulfonamides is 2. The highest BCUT2D eigenvalue weighted by molar-refractivity contribution is 7.89. The molecule has 166 valence electrons. The number of nitrogens with zero attached hydrogens (tertiary/aromatic N) is 4. The van der Waals surface area contributed by atoms with Gasteiger partial charge in [0.2, 0.25) is 21.8 Å². The van der Waals surface area contributed by atoms with Gasteiger partial charge in [-0.25, -0.2) is 21.8 Å². The molecular weight excluding hydrogens is 446 g/mol. The highest BCUT2D eigenvalue weighted by Gasteiger charge is 2.33. The first kappa shape index (κ1) is 21.6. The van der Waals surface area contributed by atoms with E-state index in [9.17, 15) is 26.4 Å². The molecule has 2 aromatic rings. The summed E-state index contributed by atoms with van der Waals surface area (Å²) in [4.78, 5) is 31.1. The van der Waals surface area contributed by atoms with Crippen LogP contribution in [-0.2, 0) is 29.6 Å². The zero-order chi connectivity index (χ0) is 22.2.